The van der Waals surface area contributed by atoms with E-state index >= 15 is 0 Å². The van der Waals surface area contributed by atoms with Crippen molar-refractivity contribution >= 4 is 11.6 Å². The summed E-state index contributed by atoms with van der Waals surface area (Å²) in [4.78, 5) is 0. The van der Waals surface area contributed by atoms with E-state index in [1.54, 1.807) is 0 Å². The molecular formula is C16H14ClN. The van der Waals surface area contributed by atoms with Crippen molar-refractivity contribution in [3.05, 3.63) is 70.7 Å². The van der Waals surface area contributed by atoms with Gasteiger partial charge in [-0.15, -0.1) is 0 Å². The second-order valence-corrected chi connectivity index (χ2v) is 4.63. The van der Waals surface area contributed by atoms with E-state index in [-0.39, 0.29) is 5.92 Å². The molecule has 90 valence electrons. The minimum Gasteiger partial charge on any atom is -0.198 e. The maximum atomic E-state index is 9.27. The number of rotatable bonds is 4. The average Bonchev–Trinajstić information content (AvgIpc) is 2.42. The Kier molecular flexibility index (Phi) is 4.39. The van der Waals surface area contributed by atoms with Gasteiger partial charge in [-0.05, 0) is 30.0 Å². The third-order valence-corrected chi connectivity index (χ3v) is 3.35. The fourth-order valence-corrected chi connectivity index (χ4v) is 2.27. The molecule has 0 spiro atoms. The minimum atomic E-state index is -0.140. The van der Waals surface area contributed by atoms with E-state index in [0.717, 1.165) is 18.4 Å². The van der Waals surface area contributed by atoms with Crippen molar-refractivity contribution in [2.75, 3.05) is 0 Å². The first-order chi connectivity index (χ1) is 8.81. The van der Waals surface area contributed by atoms with Crippen molar-refractivity contribution in [3.63, 3.8) is 0 Å². The van der Waals surface area contributed by atoms with E-state index in [1.807, 2.05) is 42.5 Å². The van der Waals surface area contributed by atoms with Crippen LogP contribution in [0.3, 0.4) is 0 Å². The summed E-state index contributed by atoms with van der Waals surface area (Å²) in [5.41, 5.74) is 2.18. The number of aryl methyl sites for hydroxylation is 1. The molecular weight excluding hydrogens is 242 g/mol. The molecule has 2 aromatic rings. The van der Waals surface area contributed by atoms with Crippen LogP contribution in [0.2, 0.25) is 5.02 Å². The van der Waals surface area contributed by atoms with Crippen LogP contribution in [0.15, 0.2) is 54.6 Å². The van der Waals surface area contributed by atoms with Crippen LogP contribution in [-0.2, 0) is 6.42 Å². The molecule has 0 N–H and O–H groups in total. The zero-order valence-corrected chi connectivity index (χ0v) is 10.8. The Morgan fingerprint density at radius 2 is 1.67 bits per heavy atom. The summed E-state index contributed by atoms with van der Waals surface area (Å²) in [5.74, 6) is -0.140. The number of benzene rings is 2. The molecule has 1 nitrogen and oxygen atoms in total. The molecule has 0 aromatic heterocycles. The molecule has 18 heavy (non-hydrogen) atoms. The van der Waals surface area contributed by atoms with Crippen LogP contribution in [0.4, 0.5) is 0 Å². The Morgan fingerprint density at radius 3 is 2.33 bits per heavy atom. The second kappa shape index (κ2) is 6.23. The zero-order valence-electron chi connectivity index (χ0n) is 10.0. The molecule has 0 unspecified atom stereocenters. The molecule has 0 saturated heterocycles. The summed E-state index contributed by atoms with van der Waals surface area (Å²) in [6.45, 7) is 0. The monoisotopic (exact) mass is 255 g/mol. The van der Waals surface area contributed by atoms with E-state index < -0.39 is 0 Å². The minimum absolute atomic E-state index is 0.140. The largest absolute Gasteiger partial charge is 0.198 e. The Bertz CT molecular complexity index is 543. The lowest BCUT2D eigenvalue weighted by Gasteiger charge is -2.11. The summed E-state index contributed by atoms with van der Waals surface area (Å²) in [6, 6.07) is 20.1. The third-order valence-electron chi connectivity index (χ3n) is 3.00. The molecule has 0 aliphatic heterocycles. The summed E-state index contributed by atoms with van der Waals surface area (Å²) >= 11 is 6.13. The first-order valence-corrected chi connectivity index (χ1v) is 6.37. The van der Waals surface area contributed by atoms with E-state index in [4.69, 9.17) is 11.6 Å². The highest BCUT2D eigenvalue weighted by atomic mass is 35.5. The first kappa shape index (κ1) is 12.7. The van der Waals surface area contributed by atoms with Crippen LogP contribution in [0.25, 0.3) is 0 Å². The fraction of sp³-hybridized carbons (Fsp3) is 0.188. The molecule has 2 heteroatoms. The molecule has 0 fully saturated rings. The van der Waals surface area contributed by atoms with Gasteiger partial charge in [0.05, 0.1) is 12.0 Å². The van der Waals surface area contributed by atoms with Crippen LogP contribution >= 0.6 is 11.6 Å². The van der Waals surface area contributed by atoms with Crippen molar-refractivity contribution < 1.29 is 0 Å². The molecule has 0 aliphatic rings. The molecule has 0 amide bonds. The second-order valence-electron chi connectivity index (χ2n) is 4.23. The van der Waals surface area contributed by atoms with Gasteiger partial charge >= 0.3 is 0 Å². The molecule has 0 bridgehead atoms. The van der Waals surface area contributed by atoms with E-state index in [0.29, 0.717) is 5.02 Å². The molecule has 0 heterocycles. The smallest absolute Gasteiger partial charge is 0.0730 e. The van der Waals surface area contributed by atoms with Gasteiger partial charge in [-0.2, -0.15) is 5.26 Å². The zero-order chi connectivity index (χ0) is 12.8. The van der Waals surface area contributed by atoms with Gasteiger partial charge in [-0.25, -0.2) is 0 Å². The van der Waals surface area contributed by atoms with Crippen molar-refractivity contribution in [2.45, 2.75) is 18.8 Å². The van der Waals surface area contributed by atoms with Gasteiger partial charge in [-0.3, -0.25) is 0 Å². The molecule has 1 atom stereocenters. The maximum absolute atomic E-state index is 9.27. The van der Waals surface area contributed by atoms with E-state index in [1.165, 1.54) is 5.56 Å². The Hall–Kier alpha value is -1.78. The highest BCUT2D eigenvalue weighted by molar-refractivity contribution is 6.31. The number of hydrogen-bond donors (Lipinski definition) is 0. The summed E-state index contributed by atoms with van der Waals surface area (Å²) < 4.78 is 0. The highest BCUT2D eigenvalue weighted by Crippen LogP contribution is 2.27. The van der Waals surface area contributed by atoms with Gasteiger partial charge in [0, 0.05) is 5.02 Å². The fourth-order valence-electron chi connectivity index (χ4n) is 2.00. The van der Waals surface area contributed by atoms with Crippen molar-refractivity contribution in [3.8, 4) is 6.07 Å². The van der Waals surface area contributed by atoms with Crippen molar-refractivity contribution in [2.24, 2.45) is 0 Å². The topological polar surface area (TPSA) is 23.8 Å². The van der Waals surface area contributed by atoms with Crippen LogP contribution < -0.4 is 0 Å². The van der Waals surface area contributed by atoms with Gasteiger partial charge in [0.15, 0.2) is 0 Å². The Labute approximate surface area is 113 Å². The van der Waals surface area contributed by atoms with Gasteiger partial charge < -0.3 is 0 Å². The highest BCUT2D eigenvalue weighted by Gasteiger charge is 2.13. The normalized spacial score (nSPS) is 11.8. The van der Waals surface area contributed by atoms with Gasteiger partial charge in [0.25, 0.3) is 0 Å². The maximum Gasteiger partial charge on any atom is 0.0730 e. The molecule has 0 aliphatic carbocycles. The molecule has 2 aromatic carbocycles. The van der Waals surface area contributed by atoms with Crippen molar-refractivity contribution in [1.29, 1.82) is 5.26 Å². The van der Waals surface area contributed by atoms with Crippen LogP contribution in [0, 0.1) is 11.3 Å². The molecule has 0 saturated carbocycles. The number of nitriles is 1. The summed E-state index contributed by atoms with van der Waals surface area (Å²) in [7, 11) is 0. The number of halogens is 1. The SMILES string of the molecule is N#C[C@@H](CCc1ccccc1)c1ccccc1Cl. The lowest BCUT2D eigenvalue weighted by Crippen LogP contribution is -1.99. The molecule has 0 radical (unpaired) electrons. The van der Waals surface area contributed by atoms with Crippen LogP contribution in [-0.4, -0.2) is 0 Å². The third kappa shape index (κ3) is 3.12. The Balaban J connectivity index is 2.08. The van der Waals surface area contributed by atoms with Crippen LogP contribution in [0.1, 0.15) is 23.5 Å². The van der Waals surface area contributed by atoms with Gasteiger partial charge in [-0.1, -0.05) is 60.1 Å². The summed E-state index contributed by atoms with van der Waals surface area (Å²) in [5, 5.41) is 9.95. The predicted octanol–water partition coefficient (Wildman–Crippen LogP) is 4.58. The lowest BCUT2D eigenvalue weighted by atomic mass is 9.93. The predicted molar refractivity (Wildman–Crippen MR) is 74.6 cm³/mol. The van der Waals surface area contributed by atoms with E-state index in [2.05, 4.69) is 18.2 Å². The summed E-state index contributed by atoms with van der Waals surface area (Å²) in [6.07, 6.45) is 1.69. The average molecular weight is 256 g/mol. The first-order valence-electron chi connectivity index (χ1n) is 5.99. The number of hydrogen-bond acceptors (Lipinski definition) is 1. The Morgan fingerprint density at radius 1 is 1.00 bits per heavy atom. The van der Waals surface area contributed by atoms with Crippen molar-refractivity contribution in [1.82, 2.24) is 0 Å². The van der Waals surface area contributed by atoms with Crippen LogP contribution in [0.5, 0.6) is 0 Å². The van der Waals surface area contributed by atoms with Gasteiger partial charge in [0.1, 0.15) is 0 Å². The standard InChI is InChI=1S/C16H14ClN/c17-16-9-5-4-8-15(16)14(12-18)11-10-13-6-2-1-3-7-13/h1-9,14H,10-11H2/t14-/m1/s1. The van der Waals surface area contributed by atoms with E-state index in [9.17, 15) is 5.26 Å². The quantitative estimate of drug-likeness (QED) is 0.785. The molecule has 2 rings (SSSR count). The lowest BCUT2D eigenvalue weighted by molar-refractivity contribution is 0.746. The number of nitrogens with zero attached hydrogens (tertiary/aromatic N) is 1. The van der Waals surface area contributed by atoms with Gasteiger partial charge in [0.2, 0.25) is 0 Å².